The van der Waals surface area contributed by atoms with Gasteiger partial charge in [0.25, 0.3) is 0 Å². The molecular formula is C12H15Cl2NO. The molecule has 1 aromatic rings. The van der Waals surface area contributed by atoms with Gasteiger partial charge in [0.05, 0.1) is 16.7 Å². The topological polar surface area (TPSA) is 35.2 Å². The molecule has 1 aliphatic heterocycles. The number of halogens is 2. The molecule has 0 saturated carbocycles. The van der Waals surface area contributed by atoms with E-state index in [4.69, 9.17) is 33.7 Å². The van der Waals surface area contributed by atoms with Gasteiger partial charge in [0.1, 0.15) is 0 Å². The minimum Gasteiger partial charge on any atom is -0.381 e. The van der Waals surface area contributed by atoms with Crippen molar-refractivity contribution in [1.29, 1.82) is 0 Å². The van der Waals surface area contributed by atoms with E-state index in [0.29, 0.717) is 16.0 Å². The molecule has 2 rings (SSSR count). The number of ether oxygens (including phenoxy) is 1. The van der Waals surface area contributed by atoms with Crippen molar-refractivity contribution in [3.8, 4) is 0 Å². The number of hydrogen-bond donors (Lipinski definition) is 1. The Morgan fingerprint density at radius 3 is 2.94 bits per heavy atom. The van der Waals surface area contributed by atoms with Crippen LogP contribution in [0.25, 0.3) is 0 Å². The Bertz CT molecular complexity index is 364. The Hall–Kier alpha value is -0.280. The third kappa shape index (κ3) is 2.69. The molecule has 1 heterocycles. The lowest BCUT2D eigenvalue weighted by Gasteiger charge is -2.18. The van der Waals surface area contributed by atoms with Crippen molar-refractivity contribution < 1.29 is 4.74 Å². The molecule has 0 amide bonds. The molecule has 0 spiro atoms. The molecule has 1 aliphatic rings. The Balaban J connectivity index is 2.05. The normalized spacial score (nSPS) is 22.3. The highest BCUT2D eigenvalue weighted by Gasteiger charge is 2.23. The molecule has 4 heteroatoms. The van der Waals surface area contributed by atoms with Gasteiger partial charge in [-0.05, 0) is 30.4 Å². The highest BCUT2D eigenvalue weighted by Crippen LogP contribution is 2.28. The monoisotopic (exact) mass is 259 g/mol. The second kappa shape index (κ2) is 5.37. The average molecular weight is 260 g/mol. The van der Waals surface area contributed by atoms with E-state index in [9.17, 15) is 0 Å². The van der Waals surface area contributed by atoms with E-state index < -0.39 is 0 Å². The van der Waals surface area contributed by atoms with Crippen molar-refractivity contribution in [1.82, 2.24) is 0 Å². The van der Waals surface area contributed by atoms with Gasteiger partial charge >= 0.3 is 0 Å². The molecule has 0 aromatic heterocycles. The summed E-state index contributed by atoms with van der Waals surface area (Å²) in [5, 5.41) is 1.22. The fraction of sp³-hybridized carbons (Fsp3) is 0.500. The van der Waals surface area contributed by atoms with Crippen LogP contribution in [0.2, 0.25) is 10.0 Å². The summed E-state index contributed by atoms with van der Waals surface area (Å²) in [7, 11) is 0. The number of benzene rings is 1. The van der Waals surface area contributed by atoms with Gasteiger partial charge in [0, 0.05) is 12.6 Å². The largest absolute Gasteiger partial charge is 0.381 e. The van der Waals surface area contributed by atoms with Crippen LogP contribution in [0.1, 0.15) is 12.0 Å². The molecule has 2 atom stereocenters. The molecule has 1 saturated heterocycles. The summed E-state index contributed by atoms with van der Waals surface area (Å²) < 4.78 is 5.33. The first-order chi connectivity index (χ1) is 7.68. The second-order valence-electron chi connectivity index (χ2n) is 4.20. The van der Waals surface area contributed by atoms with Crippen LogP contribution in [0, 0.1) is 5.92 Å². The van der Waals surface area contributed by atoms with Crippen molar-refractivity contribution in [2.75, 3.05) is 13.2 Å². The van der Waals surface area contributed by atoms with Crippen LogP contribution in [0.4, 0.5) is 0 Å². The molecule has 1 aromatic carbocycles. The molecule has 16 heavy (non-hydrogen) atoms. The van der Waals surface area contributed by atoms with Gasteiger partial charge in [0.15, 0.2) is 0 Å². The Morgan fingerprint density at radius 1 is 1.44 bits per heavy atom. The number of hydrogen-bond acceptors (Lipinski definition) is 2. The second-order valence-corrected chi connectivity index (χ2v) is 4.99. The van der Waals surface area contributed by atoms with Crippen molar-refractivity contribution >= 4 is 23.2 Å². The first-order valence-electron chi connectivity index (χ1n) is 5.44. The van der Waals surface area contributed by atoms with Crippen molar-refractivity contribution in [3.05, 3.63) is 33.8 Å². The first kappa shape index (κ1) is 12.2. The molecule has 0 radical (unpaired) electrons. The molecule has 1 fully saturated rings. The van der Waals surface area contributed by atoms with Crippen LogP contribution in [0.5, 0.6) is 0 Å². The predicted octanol–water partition coefficient (Wildman–Crippen LogP) is 2.90. The van der Waals surface area contributed by atoms with Crippen LogP contribution in [0.15, 0.2) is 18.2 Å². The number of rotatable bonds is 3. The van der Waals surface area contributed by atoms with Gasteiger partial charge in [-0.1, -0.05) is 35.3 Å². The van der Waals surface area contributed by atoms with Crippen molar-refractivity contribution in [3.63, 3.8) is 0 Å². The van der Waals surface area contributed by atoms with E-state index in [1.165, 1.54) is 0 Å². The summed E-state index contributed by atoms with van der Waals surface area (Å²) in [6, 6.07) is 5.77. The van der Waals surface area contributed by atoms with E-state index in [-0.39, 0.29) is 6.04 Å². The summed E-state index contributed by atoms with van der Waals surface area (Å²) in [4.78, 5) is 0. The molecule has 0 aliphatic carbocycles. The van der Waals surface area contributed by atoms with Crippen LogP contribution in [-0.4, -0.2) is 19.3 Å². The van der Waals surface area contributed by atoms with Crippen LogP contribution in [-0.2, 0) is 11.2 Å². The molecule has 88 valence electrons. The zero-order valence-corrected chi connectivity index (χ0v) is 10.5. The van der Waals surface area contributed by atoms with E-state index in [2.05, 4.69) is 0 Å². The third-order valence-corrected chi connectivity index (χ3v) is 3.92. The minimum atomic E-state index is 0.0958. The lowest BCUT2D eigenvalue weighted by molar-refractivity contribution is 0.180. The van der Waals surface area contributed by atoms with Crippen LogP contribution in [0.3, 0.4) is 0 Å². The minimum absolute atomic E-state index is 0.0958. The lowest BCUT2D eigenvalue weighted by atomic mass is 9.94. The summed E-state index contributed by atoms with van der Waals surface area (Å²) in [5.41, 5.74) is 7.17. The van der Waals surface area contributed by atoms with Crippen LogP contribution >= 0.6 is 23.2 Å². The van der Waals surface area contributed by atoms with Gasteiger partial charge in [-0.3, -0.25) is 0 Å². The predicted molar refractivity (Wildman–Crippen MR) is 67.1 cm³/mol. The highest BCUT2D eigenvalue weighted by atomic mass is 35.5. The van der Waals surface area contributed by atoms with Crippen LogP contribution < -0.4 is 5.73 Å². The SMILES string of the molecule is NC(Cc1cccc(Cl)c1Cl)C1CCOC1. The molecule has 2 N–H and O–H groups in total. The maximum absolute atomic E-state index is 6.15. The van der Waals surface area contributed by atoms with Gasteiger partial charge in [0.2, 0.25) is 0 Å². The molecular weight excluding hydrogens is 245 g/mol. The summed E-state index contributed by atoms with van der Waals surface area (Å²) in [6.07, 6.45) is 1.80. The Morgan fingerprint density at radius 2 is 2.25 bits per heavy atom. The molecule has 0 bridgehead atoms. The fourth-order valence-electron chi connectivity index (χ4n) is 2.02. The lowest BCUT2D eigenvalue weighted by Crippen LogP contribution is -2.32. The Kier molecular flexibility index (Phi) is 4.09. The summed E-state index contributed by atoms with van der Waals surface area (Å²) in [5.74, 6) is 0.440. The highest BCUT2D eigenvalue weighted by molar-refractivity contribution is 6.42. The zero-order chi connectivity index (χ0) is 11.5. The zero-order valence-electron chi connectivity index (χ0n) is 8.96. The smallest absolute Gasteiger partial charge is 0.0624 e. The summed E-state index contributed by atoms with van der Waals surface area (Å²) >= 11 is 12.1. The number of nitrogens with two attached hydrogens (primary N) is 1. The maximum atomic E-state index is 6.15. The van der Waals surface area contributed by atoms with Gasteiger partial charge in [-0.25, -0.2) is 0 Å². The van der Waals surface area contributed by atoms with E-state index in [1.54, 1.807) is 6.07 Å². The van der Waals surface area contributed by atoms with Crippen molar-refractivity contribution in [2.24, 2.45) is 11.7 Å². The average Bonchev–Trinajstić information content (AvgIpc) is 2.78. The first-order valence-corrected chi connectivity index (χ1v) is 6.20. The fourth-order valence-corrected chi connectivity index (χ4v) is 2.41. The third-order valence-electron chi connectivity index (χ3n) is 3.06. The van der Waals surface area contributed by atoms with Gasteiger partial charge in [-0.2, -0.15) is 0 Å². The van der Waals surface area contributed by atoms with E-state index in [0.717, 1.165) is 31.6 Å². The van der Waals surface area contributed by atoms with E-state index in [1.807, 2.05) is 12.1 Å². The molecule has 2 nitrogen and oxygen atoms in total. The Labute approximate surface area is 106 Å². The van der Waals surface area contributed by atoms with E-state index >= 15 is 0 Å². The molecule has 2 unspecified atom stereocenters. The maximum Gasteiger partial charge on any atom is 0.0624 e. The van der Waals surface area contributed by atoms with Crippen molar-refractivity contribution in [2.45, 2.75) is 18.9 Å². The van der Waals surface area contributed by atoms with Gasteiger partial charge in [-0.15, -0.1) is 0 Å². The van der Waals surface area contributed by atoms with Gasteiger partial charge < -0.3 is 10.5 Å². The quantitative estimate of drug-likeness (QED) is 0.906. The standard InChI is InChI=1S/C12H15Cl2NO/c13-10-3-1-2-8(12(10)14)6-11(15)9-4-5-16-7-9/h1-3,9,11H,4-7,15H2. The summed E-state index contributed by atoms with van der Waals surface area (Å²) in [6.45, 7) is 1.58.